The van der Waals surface area contributed by atoms with E-state index in [4.69, 9.17) is 9.47 Å². The van der Waals surface area contributed by atoms with Gasteiger partial charge in [-0.15, -0.1) is 0 Å². The van der Waals surface area contributed by atoms with Crippen molar-refractivity contribution >= 4 is 6.09 Å². The Morgan fingerprint density at radius 2 is 1.91 bits per heavy atom. The second-order valence-electron chi connectivity index (χ2n) is 6.22. The molecule has 2 aromatic rings. The molecular weight excluding hydrogens is 292 g/mol. The zero-order valence-corrected chi connectivity index (χ0v) is 13.9. The SMILES string of the molecule is Cc1cc(Oc2ccccc2)ncc1CNC(=O)OC(C)(C)C. The van der Waals surface area contributed by atoms with Crippen LogP contribution in [0, 0.1) is 6.92 Å². The number of nitrogens with one attached hydrogen (secondary N) is 1. The molecule has 2 rings (SSSR count). The third-order valence-corrected chi connectivity index (χ3v) is 2.98. The van der Waals surface area contributed by atoms with Gasteiger partial charge in [0.25, 0.3) is 0 Å². The van der Waals surface area contributed by atoms with Crippen molar-refractivity contribution in [2.45, 2.75) is 39.8 Å². The van der Waals surface area contributed by atoms with Crippen LogP contribution in [0.2, 0.25) is 0 Å². The Hall–Kier alpha value is -2.56. The number of aromatic nitrogens is 1. The van der Waals surface area contributed by atoms with E-state index in [-0.39, 0.29) is 0 Å². The minimum Gasteiger partial charge on any atom is -0.444 e. The molecule has 1 heterocycles. The van der Waals surface area contributed by atoms with Crippen LogP contribution >= 0.6 is 0 Å². The predicted molar refractivity (Wildman–Crippen MR) is 88.6 cm³/mol. The van der Waals surface area contributed by atoms with Gasteiger partial charge >= 0.3 is 6.09 Å². The van der Waals surface area contributed by atoms with Gasteiger partial charge in [-0.05, 0) is 51.0 Å². The summed E-state index contributed by atoms with van der Waals surface area (Å²) in [6.45, 7) is 7.80. The summed E-state index contributed by atoms with van der Waals surface area (Å²) in [5.74, 6) is 1.26. The molecule has 0 aliphatic heterocycles. The second kappa shape index (κ2) is 7.13. The van der Waals surface area contributed by atoms with E-state index in [9.17, 15) is 4.79 Å². The first-order valence-corrected chi connectivity index (χ1v) is 7.49. The van der Waals surface area contributed by atoms with Gasteiger partial charge in [-0.25, -0.2) is 9.78 Å². The second-order valence-corrected chi connectivity index (χ2v) is 6.22. The highest BCUT2D eigenvalue weighted by Crippen LogP contribution is 2.21. The smallest absolute Gasteiger partial charge is 0.407 e. The summed E-state index contributed by atoms with van der Waals surface area (Å²) in [6, 6.07) is 11.3. The molecule has 0 spiro atoms. The number of carbonyl (C=O) groups excluding carboxylic acids is 1. The minimum atomic E-state index is -0.509. The molecule has 0 aliphatic rings. The van der Waals surface area contributed by atoms with E-state index in [0.29, 0.717) is 12.4 Å². The Morgan fingerprint density at radius 3 is 2.52 bits per heavy atom. The third-order valence-electron chi connectivity index (χ3n) is 2.98. The maximum atomic E-state index is 11.7. The van der Waals surface area contributed by atoms with Crippen molar-refractivity contribution in [3.05, 3.63) is 53.7 Å². The number of ether oxygens (including phenoxy) is 2. The zero-order chi connectivity index (χ0) is 16.9. The Balaban J connectivity index is 1.96. The molecule has 23 heavy (non-hydrogen) atoms. The van der Waals surface area contributed by atoms with Crippen LogP contribution in [0.3, 0.4) is 0 Å². The number of para-hydroxylation sites is 1. The van der Waals surface area contributed by atoms with E-state index in [1.165, 1.54) is 0 Å². The molecule has 5 heteroatoms. The fourth-order valence-corrected chi connectivity index (χ4v) is 1.89. The van der Waals surface area contributed by atoms with Crippen molar-refractivity contribution < 1.29 is 14.3 Å². The monoisotopic (exact) mass is 314 g/mol. The van der Waals surface area contributed by atoms with Crippen LogP contribution < -0.4 is 10.1 Å². The number of aryl methyl sites for hydroxylation is 1. The highest BCUT2D eigenvalue weighted by atomic mass is 16.6. The molecule has 1 amide bonds. The summed E-state index contributed by atoms with van der Waals surface area (Å²) in [7, 11) is 0. The lowest BCUT2D eigenvalue weighted by Gasteiger charge is -2.19. The van der Waals surface area contributed by atoms with E-state index >= 15 is 0 Å². The van der Waals surface area contributed by atoms with Gasteiger partial charge in [0.1, 0.15) is 11.4 Å². The molecule has 0 aliphatic carbocycles. The number of nitrogens with zero attached hydrogens (tertiary/aromatic N) is 1. The third kappa shape index (κ3) is 5.62. The summed E-state index contributed by atoms with van der Waals surface area (Å²) in [5, 5.41) is 2.72. The number of amides is 1. The highest BCUT2D eigenvalue weighted by Gasteiger charge is 2.16. The molecule has 1 aromatic carbocycles. The van der Waals surface area contributed by atoms with Gasteiger partial charge in [0.05, 0.1) is 0 Å². The molecule has 0 bridgehead atoms. The largest absolute Gasteiger partial charge is 0.444 e. The number of hydrogen-bond acceptors (Lipinski definition) is 4. The summed E-state index contributed by atoms with van der Waals surface area (Å²) in [6.07, 6.45) is 1.26. The van der Waals surface area contributed by atoms with Gasteiger partial charge in [0, 0.05) is 18.8 Å². The van der Waals surface area contributed by atoms with E-state index in [1.54, 1.807) is 6.20 Å². The Labute approximate surface area is 136 Å². The van der Waals surface area contributed by atoms with Gasteiger partial charge in [0.2, 0.25) is 5.88 Å². The Morgan fingerprint density at radius 1 is 1.22 bits per heavy atom. The summed E-state index contributed by atoms with van der Waals surface area (Å²) in [5.41, 5.74) is 1.39. The standard InChI is InChI=1S/C18H22N2O3/c1-13-10-16(22-15-8-6-5-7-9-15)19-11-14(13)12-20-17(21)23-18(2,3)4/h5-11H,12H2,1-4H3,(H,20,21). The van der Waals surface area contributed by atoms with Crippen molar-refractivity contribution in [1.82, 2.24) is 10.3 Å². The van der Waals surface area contributed by atoms with Crippen LogP contribution in [0.5, 0.6) is 11.6 Å². The molecule has 5 nitrogen and oxygen atoms in total. The van der Waals surface area contributed by atoms with Crippen molar-refractivity contribution in [1.29, 1.82) is 0 Å². The maximum absolute atomic E-state index is 11.7. The van der Waals surface area contributed by atoms with Crippen LogP contribution in [0.4, 0.5) is 4.79 Å². The van der Waals surface area contributed by atoms with Crippen LogP contribution in [-0.4, -0.2) is 16.7 Å². The van der Waals surface area contributed by atoms with E-state index in [0.717, 1.165) is 16.9 Å². The summed E-state index contributed by atoms with van der Waals surface area (Å²) < 4.78 is 10.9. The van der Waals surface area contributed by atoms with E-state index in [1.807, 2.05) is 64.1 Å². The summed E-state index contributed by atoms with van der Waals surface area (Å²) in [4.78, 5) is 15.9. The molecule has 1 aromatic heterocycles. The average molecular weight is 314 g/mol. The first-order chi connectivity index (χ1) is 10.8. The minimum absolute atomic E-state index is 0.360. The quantitative estimate of drug-likeness (QED) is 0.918. The first-order valence-electron chi connectivity index (χ1n) is 7.49. The Bertz CT molecular complexity index is 664. The molecule has 0 fully saturated rings. The van der Waals surface area contributed by atoms with Crippen molar-refractivity contribution in [2.24, 2.45) is 0 Å². The van der Waals surface area contributed by atoms with E-state index < -0.39 is 11.7 Å². The van der Waals surface area contributed by atoms with Crippen LogP contribution in [-0.2, 0) is 11.3 Å². The fraction of sp³-hybridized carbons (Fsp3) is 0.333. The van der Waals surface area contributed by atoms with Crippen LogP contribution in [0.1, 0.15) is 31.9 Å². The van der Waals surface area contributed by atoms with Crippen LogP contribution in [0.25, 0.3) is 0 Å². The number of pyridine rings is 1. The van der Waals surface area contributed by atoms with Gasteiger partial charge in [0.15, 0.2) is 0 Å². The molecular formula is C18H22N2O3. The maximum Gasteiger partial charge on any atom is 0.407 e. The van der Waals surface area contributed by atoms with Crippen molar-refractivity contribution in [3.63, 3.8) is 0 Å². The lowest BCUT2D eigenvalue weighted by Crippen LogP contribution is -2.32. The molecule has 0 saturated carbocycles. The molecule has 0 radical (unpaired) electrons. The van der Waals surface area contributed by atoms with Gasteiger partial charge in [-0.1, -0.05) is 18.2 Å². The fourth-order valence-electron chi connectivity index (χ4n) is 1.89. The average Bonchev–Trinajstić information content (AvgIpc) is 2.45. The van der Waals surface area contributed by atoms with Crippen molar-refractivity contribution in [3.8, 4) is 11.6 Å². The summed E-state index contributed by atoms with van der Waals surface area (Å²) >= 11 is 0. The van der Waals surface area contributed by atoms with Crippen molar-refractivity contribution in [2.75, 3.05) is 0 Å². The molecule has 0 atom stereocenters. The van der Waals surface area contributed by atoms with Crippen LogP contribution in [0.15, 0.2) is 42.6 Å². The highest BCUT2D eigenvalue weighted by molar-refractivity contribution is 5.67. The van der Waals surface area contributed by atoms with Gasteiger partial charge in [-0.2, -0.15) is 0 Å². The van der Waals surface area contributed by atoms with E-state index in [2.05, 4.69) is 10.3 Å². The number of carbonyl (C=O) groups is 1. The number of alkyl carbamates (subject to hydrolysis) is 1. The number of benzene rings is 1. The number of hydrogen-bond donors (Lipinski definition) is 1. The molecule has 122 valence electrons. The lowest BCUT2D eigenvalue weighted by atomic mass is 10.1. The molecule has 0 unspecified atom stereocenters. The molecule has 1 N–H and O–H groups in total. The molecule has 0 saturated heterocycles. The van der Waals surface area contributed by atoms with Gasteiger partial charge in [-0.3, -0.25) is 0 Å². The number of rotatable bonds is 4. The predicted octanol–water partition coefficient (Wildman–Crippen LogP) is 4.21. The Kier molecular flexibility index (Phi) is 5.21. The zero-order valence-electron chi connectivity index (χ0n) is 13.9. The topological polar surface area (TPSA) is 60.5 Å². The van der Waals surface area contributed by atoms with Gasteiger partial charge < -0.3 is 14.8 Å². The first kappa shape index (κ1) is 16.8. The lowest BCUT2D eigenvalue weighted by molar-refractivity contribution is 0.0523. The normalized spacial score (nSPS) is 11.0.